The maximum absolute atomic E-state index is 10.1. The van der Waals surface area contributed by atoms with Crippen LogP contribution in [0.15, 0.2) is 0 Å². The molecule has 0 rings (SSSR count). The van der Waals surface area contributed by atoms with Gasteiger partial charge >= 0.3 is 7.55 Å². The average Bonchev–Trinajstić information content (AvgIpc) is 1.63. The molecule has 0 fully saturated rings. The van der Waals surface area contributed by atoms with Gasteiger partial charge in [0, 0.05) is 45.2 Å². The first-order valence-corrected chi connectivity index (χ1v) is 4.02. The van der Waals surface area contributed by atoms with Crippen LogP contribution < -0.4 is 10.5 Å². The van der Waals surface area contributed by atoms with E-state index in [9.17, 15) is 9.59 Å². The summed E-state index contributed by atoms with van der Waals surface area (Å²) in [5, 5.41) is 4.53. The van der Waals surface area contributed by atoms with Gasteiger partial charge in [0.1, 0.15) is 0 Å². The van der Waals surface area contributed by atoms with Crippen molar-refractivity contribution < 1.29 is 9.59 Å². The molecule has 0 heterocycles. The second kappa shape index (κ2) is 5.27. The van der Waals surface area contributed by atoms with Crippen LogP contribution in [0.3, 0.4) is 0 Å². The molecule has 1 radical (unpaired) electrons. The second-order valence-corrected chi connectivity index (χ2v) is 2.94. The molecule has 7 heteroatoms. The quantitative estimate of drug-likeness (QED) is 0.335. The maximum Gasteiger partial charge on any atom is 0.391 e. The Balaban J connectivity index is 3.10. The van der Waals surface area contributed by atoms with E-state index in [0.29, 0.717) is 0 Å². The number of hydrogen-bond donors (Lipinski definition) is 2. The van der Waals surface area contributed by atoms with E-state index in [1.165, 1.54) is 7.55 Å². The van der Waals surface area contributed by atoms with Crippen LogP contribution in [0.4, 0.5) is 9.59 Å². The fraction of sp³-hybridized carbons (Fsp3) is 0. The molecule has 2 amide bonds. The molecule has 0 spiro atoms. The summed E-state index contributed by atoms with van der Waals surface area (Å²) in [7, 11) is 1.18. The van der Waals surface area contributed by atoms with Crippen molar-refractivity contribution >= 4 is 60.6 Å². The molecule has 0 aromatic rings. The third kappa shape index (κ3) is 8.46. The summed E-state index contributed by atoms with van der Waals surface area (Å²) in [6.45, 7) is 0. The van der Waals surface area contributed by atoms with Gasteiger partial charge in [-0.1, -0.05) is 0 Å². The molecular weight excluding hydrogens is 349 g/mol. The lowest BCUT2D eigenvalue weighted by molar-refractivity contribution is 0.266. The molecule has 4 nitrogen and oxygen atoms in total. The Labute approximate surface area is 80.1 Å². The lowest BCUT2D eigenvalue weighted by atomic mass is 10.2. The van der Waals surface area contributed by atoms with Crippen LogP contribution in [0.5, 0.6) is 0 Å². The minimum absolute atomic E-state index is 0.238. The molecule has 0 aromatic carbocycles. The van der Waals surface area contributed by atoms with Crippen LogP contribution in [0.2, 0.25) is 0 Å². The fourth-order valence-corrected chi connectivity index (χ4v) is 0.461. The van der Waals surface area contributed by atoms with Crippen LogP contribution in [-0.4, -0.2) is 15.4 Å². The zero-order chi connectivity index (χ0) is 7.28. The summed E-state index contributed by atoms with van der Waals surface area (Å²) in [5.74, 6) is 0. The molecule has 0 aliphatic heterocycles. The first kappa shape index (κ1) is 9.46. The van der Waals surface area contributed by atoms with E-state index in [-0.39, 0.29) is 7.83 Å². The van der Waals surface area contributed by atoms with Gasteiger partial charge in [-0.15, -0.1) is 0 Å². The SMILES string of the molecule is O=C(I)N[B]NC(=O)I. The first-order chi connectivity index (χ1) is 4.13. The minimum atomic E-state index is -0.238. The van der Waals surface area contributed by atoms with Crippen molar-refractivity contribution in [2.75, 3.05) is 0 Å². The highest BCUT2D eigenvalue weighted by molar-refractivity contribution is 14.1. The third-order valence-corrected chi connectivity index (χ3v) is 0.994. The molecule has 0 atom stereocenters. The number of rotatable bonds is 2. The Morgan fingerprint density at radius 3 is 1.67 bits per heavy atom. The van der Waals surface area contributed by atoms with Gasteiger partial charge in [0.15, 0.2) is 0 Å². The van der Waals surface area contributed by atoms with Crippen molar-refractivity contribution in [2.45, 2.75) is 0 Å². The standard InChI is InChI=1S/C2H2BI2N2O2/c4-1(8)6-3-7-2(5)9/h(H,6,8)(H,7,9). The zero-order valence-corrected chi connectivity index (χ0v) is 8.46. The first-order valence-electron chi connectivity index (χ1n) is 1.86. The van der Waals surface area contributed by atoms with Crippen LogP contribution in [0.25, 0.3) is 0 Å². The molecule has 0 aliphatic carbocycles. The van der Waals surface area contributed by atoms with Crippen molar-refractivity contribution in [2.24, 2.45) is 0 Å². The Morgan fingerprint density at radius 1 is 1.11 bits per heavy atom. The lowest BCUT2D eigenvalue weighted by Crippen LogP contribution is -2.35. The van der Waals surface area contributed by atoms with E-state index < -0.39 is 0 Å². The second-order valence-electron chi connectivity index (χ2n) is 0.980. The number of carbonyl (C=O) groups excluding carboxylic acids is 2. The monoisotopic (exact) mass is 351 g/mol. The summed E-state index contributed by atoms with van der Waals surface area (Å²) in [5.41, 5.74) is 0. The van der Waals surface area contributed by atoms with Crippen molar-refractivity contribution in [3.8, 4) is 0 Å². The Hall–Kier alpha value is 0.465. The van der Waals surface area contributed by atoms with Crippen LogP contribution in [0, 0.1) is 0 Å². The summed E-state index contributed by atoms with van der Waals surface area (Å²) in [6, 6.07) is 0. The summed E-state index contributed by atoms with van der Waals surface area (Å²) < 4.78 is -0.476. The van der Waals surface area contributed by atoms with Gasteiger partial charge in [-0.05, 0) is 0 Å². The zero-order valence-electron chi connectivity index (χ0n) is 4.15. The Morgan fingerprint density at radius 2 is 1.44 bits per heavy atom. The normalized spacial score (nSPS) is 7.78. The summed E-state index contributed by atoms with van der Waals surface area (Å²) >= 11 is 3.11. The van der Waals surface area contributed by atoms with E-state index in [1.54, 1.807) is 45.2 Å². The van der Waals surface area contributed by atoms with Crippen molar-refractivity contribution in [3.05, 3.63) is 0 Å². The van der Waals surface area contributed by atoms with Gasteiger partial charge in [-0.25, -0.2) is 0 Å². The van der Waals surface area contributed by atoms with Gasteiger partial charge in [-0.2, -0.15) is 0 Å². The molecule has 0 saturated carbocycles. The highest BCUT2D eigenvalue weighted by atomic mass is 127. The predicted octanol–water partition coefficient (Wildman–Crippen LogP) is 0.810. The third-order valence-electron chi connectivity index (χ3n) is 0.371. The largest absolute Gasteiger partial charge is 0.391 e. The van der Waals surface area contributed by atoms with E-state index in [4.69, 9.17) is 0 Å². The van der Waals surface area contributed by atoms with Gasteiger partial charge in [-0.3, -0.25) is 9.59 Å². The molecule has 0 aliphatic rings. The molecule has 9 heavy (non-hydrogen) atoms. The molecule has 0 aromatic heterocycles. The van der Waals surface area contributed by atoms with Crippen LogP contribution >= 0.6 is 45.2 Å². The molecule has 49 valence electrons. The highest BCUT2D eigenvalue weighted by Gasteiger charge is 1.96. The number of carbonyl (C=O) groups is 2. The molecular formula is C2H2BI2N2O2. The fourth-order valence-electron chi connectivity index (χ4n) is 0.150. The van der Waals surface area contributed by atoms with Gasteiger partial charge < -0.3 is 10.5 Å². The van der Waals surface area contributed by atoms with Crippen molar-refractivity contribution in [1.29, 1.82) is 0 Å². The van der Waals surface area contributed by atoms with Gasteiger partial charge in [0.25, 0.3) is 7.83 Å². The highest BCUT2D eigenvalue weighted by Crippen LogP contribution is 1.81. The summed E-state index contributed by atoms with van der Waals surface area (Å²) in [6.07, 6.45) is 0. The topological polar surface area (TPSA) is 58.2 Å². The number of nitrogens with one attached hydrogen (secondary N) is 2. The predicted molar refractivity (Wildman–Crippen MR) is 50.9 cm³/mol. The smallest absolute Gasteiger partial charge is 0.374 e. The number of amides is 2. The number of halogens is 2. The van der Waals surface area contributed by atoms with Crippen molar-refractivity contribution in [3.63, 3.8) is 0 Å². The Kier molecular flexibility index (Phi) is 5.54. The number of hydrogen-bond acceptors (Lipinski definition) is 2. The van der Waals surface area contributed by atoms with E-state index in [2.05, 4.69) is 10.5 Å². The van der Waals surface area contributed by atoms with Gasteiger partial charge in [0.2, 0.25) is 0 Å². The summed E-state index contributed by atoms with van der Waals surface area (Å²) in [4.78, 5) is 20.2. The molecule has 0 unspecified atom stereocenters. The van der Waals surface area contributed by atoms with E-state index >= 15 is 0 Å². The van der Waals surface area contributed by atoms with Crippen LogP contribution in [0.1, 0.15) is 0 Å². The lowest BCUT2D eigenvalue weighted by Gasteiger charge is -1.94. The van der Waals surface area contributed by atoms with E-state index in [1.807, 2.05) is 0 Å². The molecule has 2 N–H and O–H groups in total. The molecule has 0 bridgehead atoms. The van der Waals surface area contributed by atoms with Crippen LogP contribution in [-0.2, 0) is 0 Å². The minimum Gasteiger partial charge on any atom is -0.374 e. The molecule has 0 saturated heterocycles. The van der Waals surface area contributed by atoms with Gasteiger partial charge in [0.05, 0.1) is 0 Å². The Bertz CT molecular complexity index is 116. The van der Waals surface area contributed by atoms with Crippen molar-refractivity contribution in [1.82, 2.24) is 10.5 Å². The average molecular weight is 351 g/mol. The maximum atomic E-state index is 10.1. The van der Waals surface area contributed by atoms with E-state index in [0.717, 1.165) is 0 Å².